The standard InChI is InChI=1S/C37H71NO6S/c1-3-5-7-9-11-13-15-16-17-18-19-20-21-22-24-25-27-29-31-35(39)34(33-45(42,43)44)38-37(41)36(40)32-30-28-26-23-14-12-10-8-6-4-2/h22,24,29,31,34-36,39-40H,3-21,23,25-28,30,32-33H2,1-2H3,(H,38,41)(H,42,43,44)/b24-22+,31-29+. The number of amides is 1. The maximum absolute atomic E-state index is 12.5. The third-order valence-corrected chi connectivity index (χ3v) is 9.27. The van der Waals surface area contributed by atoms with Crippen molar-refractivity contribution in [2.45, 2.75) is 199 Å². The summed E-state index contributed by atoms with van der Waals surface area (Å²) >= 11 is 0. The molecule has 0 radical (unpaired) electrons. The number of nitrogens with one attached hydrogen (secondary N) is 1. The van der Waals surface area contributed by atoms with Gasteiger partial charge in [0, 0.05) is 0 Å². The van der Waals surface area contributed by atoms with Gasteiger partial charge in [-0.25, -0.2) is 0 Å². The van der Waals surface area contributed by atoms with Gasteiger partial charge in [-0.05, 0) is 32.1 Å². The molecule has 0 aromatic heterocycles. The first-order valence-electron chi connectivity index (χ1n) is 18.6. The Balaban J connectivity index is 4.13. The molecule has 8 heteroatoms. The number of carbonyl (C=O) groups is 1. The van der Waals surface area contributed by atoms with Gasteiger partial charge in [0.25, 0.3) is 10.1 Å². The number of unbranched alkanes of at least 4 members (excludes halogenated alkanes) is 22. The quantitative estimate of drug-likeness (QED) is 0.0317. The molecule has 0 saturated carbocycles. The van der Waals surface area contributed by atoms with Crippen molar-refractivity contribution in [1.29, 1.82) is 0 Å². The molecule has 0 aromatic carbocycles. The van der Waals surface area contributed by atoms with Crippen LogP contribution >= 0.6 is 0 Å². The van der Waals surface area contributed by atoms with E-state index in [-0.39, 0.29) is 6.42 Å². The maximum Gasteiger partial charge on any atom is 0.267 e. The van der Waals surface area contributed by atoms with Crippen molar-refractivity contribution in [3.05, 3.63) is 24.3 Å². The highest BCUT2D eigenvalue weighted by atomic mass is 32.2. The van der Waals surface area contributed by atoms with Crippen LogP contribution in [0.2, 0.25) is 0 Å². The van der Waals surface area contributed by atoms with Crippen LogP contribution in [0.15, 0.2) is 24.3 Å². The fraction of sp³-hybridized carbons (Fsp3) is 0.865. The molecular weight excluding hydrogens is 586 g/mol. The second-order valence-corrected chi connectivity index (χ2v) is 14.5. The third kappa shape index (κ3) is 31.2. The van der Waals surface area contributed by atoms with Gasteiger partial charge in [-0.3, -0.25) is 9.35 Å². The molecule has 0 aromatic rings. The Labute approximate surface area is 277 Å². The molecule has 0 aliphatic rings. The van der Waals surface area contributed by atoms with Gasteiger partial charge < -0.3 is 15.5 Å². The molecule has 0 aliphatic heterocycles. The number of aliphatic hydroxyl groups is 2. The fourth-order valence-electron chi connectivity index (χ4n) is 5.59. The average Bonchev–Trinajstić information content (AvgIpc) is 3.00. The van der Waals surface area contributed by atoms with Gasteiger partial charge in [-0.2, -0.15) is 8.42 Å². The predicted molar refractivity (Wildman–Crippen MR) is 190 cm³/mol. The van der Waals surface area contributed by atoms with Crippen molar-refractivity contribution in [3.8, 4) is 0 Å². The van der Waals surface area contributed by atoms with Crippen LogP contribution < -0.4 is 5.32 Å². The van der Waals surface area contributed by atoms with Gasteiger partial charge in [-0.15, -0.1) is 0 Å². The second-order valence-electron chi connectivity index (χ2n) is 13.0. The highest BCUT2D eigenvalue weighted by molar-refractivity contribution is 7.85. The molecular formula is C37H71NO6S. The van der Waals surface area contributed by atoms with Crippen LogP contribution in [-0.4, -0.2) is 53.1 Å². The molecule has 0 heterocycles. The second kappa shape index (κ2) is 31.4. The summed E-state index contributed by atoms with van der Waals surface area (Å²) in [6.45, 7) is 4.47. The van der Waals surface area contributed by atoms with Crippen LogP contribution in [0.5, 0.6) is 0 Å². The largest absolute Gasteiger partial charge is 0.387 e. The Bertz CT molecular complexity index is 829. The summed E-state index contributed by atoms with van der Waals surface area (Å²) < 4.78 is 32.3. The third-order valence-electron chi connectivity index (χ3n) is 8.49. The molecule has 0 spiro atoms. The molecule has 3 unspecified atom stereocenters. The Kier molecular flexibility index (Phi) is 30.5. The van der Waals surface area contributed by atoms with Gasteiger partial charge in [0.1, 0.15) is 6.10 Å². The molecule has 0 bridgehead atoms. The molecule has 45 heavy (non-hydrogen) atoms. The van der Waals surface area contributed by atoms with E-state index in [9.17, 15) is 28.0 Å². The molecule has 0 fully saturated rings. The first kappa shape index (κ1) is 43.8. The van der Waals surface area contributed by atoms with Crippen molar-refractivity contribution in [3.63, 3.8) is 0 Å². The highest BCUT2D eigenvalue weighted by Gasteiger charge is 2.27. The Hall–Kier alpha value is -1.22. The SMILES string of the molecule is CCCCCCCCCCCCCC/C=C/CC/C=C/C(O)C(CS(=O)(=O)O)NC(=O)C(O)CCCCCCCCCCCC. The number of rotatable bonds is 33. The average molecular weight is 658 g/mol. The van der Waals surface area contributed by atoms with Crippen molar-refractivity contribution in [2.75, 3.05) is 5.75 Å². The van der Waals surface area contributed by atoms with Gasteiger partial charge >= 0.3 is 0 Å². The van der Waals surface area contributed by atoms with Crippen LogP contribution in [0, 0.1) is 0 Å². The van der Waals surface area contributed by atoms with E-state index < -0.39 is 40.0 Å². The number of allylic oxidation sites excluding steroid dienone is 3. The summed E-state index contributed by atoms with van der Waals surface area (Å²) in [4.78, 5) is 12.5. The molecule has 0 aliphatic carbocycles. The molecule has 0 rings (SSSR count). The van der Waals surface area contributed by atoms with Gasteiger partial charge in [0.15, 0.2) is 0 Å². The molecule has 1 amide bonds. The lowest BCUT2D eigenvalue weighted by Gasteiger charge is -2.22. The Morgan fingerprint density at radius 1 is 0.600 bits per heavy atom. The fourth-order valence-corrected chi connectivity index (χ4v) is 6.32. The van der Waals surface area contributed by atoms with Crippen LogP contribution in [0.25, 0.3) is 0 Å². The summed E-state index contributed by atoms with van der Waals surface area (Å²) in [7, 11) is -4.44. The van der Waals surface area contributed by atoms with Crippen LogP contribution in [0.1, 0.15) is 181 Å². The number of hydrogen-bond donors (Lipinski definition) is 4. The highest BCUT2D eigenvalue weighted by Crippen LogP contribution is 2.14. The molecule has 4 N–H and O–H groups in total. The van der Waals surface area contributed by atoms with E-state index in [1.54, 1.807) is 6.08 Å². The van der Waals surface area contributed by atoms with Crippen molar-refractivity contribution >= 4 is 16.0 Å². The summed E-state index contributed by atoms with van der Waals surface area (Å²) in [5.74, 6) is -1.55. The van der Waals surface area contributed by atoms with Crippen molar-refractivity contribution in [1.82, 2.24) is 5.32 Å². The van der Waals surface area contributed by atoms with Gasteiger partial charge in [0.2, 0.25) is 5.91 Å². The minimum Gasteiger partial charge on any atom is -0.387 e. The molecule has 3 atom stereocenters. The van der Waals surface area contributed by atoms with Crippen LogP contribution in [0.4, 0.5) is 0 Å². The summed E-state index contributed by atoms with van der Waals surface area (Å²) in [5.41, 5.74) is 0. The van der Waals surface area contributed by atoms with E-state index in [0.717, 1.165) is 32.1 Å². The maximum atomic E-state index is 12.5. The smallest absolute Gasteiger partial charge is 0.267 e. The van der Waals surface area contributed by atoms with E-state index >= 15 is 0 Å². The van der Waals surface area contributed by atoms with Crippen LogP contribution in [0.3, 0.4) is 0 Å². The van der Waals surface area contributed by atoms with Gasteiger partial charge in [-0.1, -0.05) is 173 Å². The van der Waals surface area contributed by atoms with E-state index in [2.05, 4.69) is 31.3 Å². The minimum absolute atomic E-state index is 0.276. The lowest BCUT2D eigenvalue weighted by Crippen LogP contribution is -2.50. The molecule has 266 valence electrons. The number of carbonyl (C=O) groups excluding carboxylic acids is 1. The first-order valence-corrected chi connectivity index (χ1v) is 20.3. The predicted octanol–water partition coefficient (Wildman–Crippen LogP) is 9.38. The van der Waals surface area contributed by atoms with E-state index in [1.807, 2.05) is 0 Å². The normalized spacial score (nSPS) is 14.3. The Morgan fingerprint density at radius 2 is 1.00 bits per heavy atom. The van der Waals surface area contributed by atoms with E-state index in [1.165, 1.54) is 122 Å². The van der Waals surface area contributed by atoms with E-state index in [0.29, 0.717) is 12.8 Å². The zero-order valence-corrected chi connectivity index (χ0v) is 29.9. The number of hydrogen-bond acceptors (Lipinski definition) is 5. The summed E-state index contributed by atoms with van der Waals surface area (Å²) in [6.07, 6.45) is 35.3. The van der Waals surface area contributed by atoms with E-state index in [4.69, 9.17) is 0 Å². The molecule has 7 nitrogen and oxygen atoms in total. The summed E-state index contributed by atoms with van der Waals surface area (Å²) in [5, 5.41) is 23.2. The number of aliphatic hydroxyl groups excluding tert-OH is 2. The lowest BCUT2D eigenvalue weighted by atomic mass is 10.0. The summed E-state index contributed by atoms with van der Waals surface area (Å²) in [6, 6.07) is -1.24. The Morgan fingerprint density at radius 3 is 1.47 bits per heavy atom. The van der Waals surface area contributed by atoms with Crippen molar-refractivity contribution < 1.29 is 28.0 Å². The monoisotopic (exact) mass is 658 g/mol. The zero-order valence-electron chi connectivity index (χ0n) is 29.1. The topological polar surface area (TPSA) is 124 Å². The lowest BCUT2D eigenvalue weighted by molar-refractivity contribution is -0.130. The molecule has 0 saturated heterocycles. The van der Waals surface area contributed by atoms with Gasteiger partial charge in [0.05, 0.1) is 17.9 Å². The van der Waals surface area contributed by atoms with Crippen molar-refractivity contribution in [2.24, 2.45) is 0 Å². The van der Waals surface area contributed by atoms with Crippen LogP contribution in [-0.2, 0) is 14.9 Å². The minimum atomic E-state index is -4.44. The first-order chi connectivity index (χ1) is 21.7. The zero-order chi connectivity index (χ0) is 33.4.